The number of carbonyl (C=O) groups is 3. The van der Waals surface area contributed by atoms with Gasteiger partial charge in [-0.3, -0.25) is 14.4 Å². The number of halogens is 3. The lowest BCUT2D eigenvalue weighted by atomic mass is 9.84. The number of benzene rings is 2. The Kier molecular flexibility index (Phi) is 6.76. The summed E-state index contributed by atoms with van der Waals surface area (Å²) in [6.07, 6.45) is -5.47. The average molecular weight is 458 g/mol. The van der Waals surface area contributed by atoms with Crippen LogP contribution < -0.4 is 5.32 Å². The highest BCUT2D eigenvalue weighted by Crippen LogP contribution is 2.46. The third-order valence-electron chi connectivity index (χ3n) is 5.50. The number of hydrogen-bond acceptors (Lipinski definition) is 3. The number of ketones is 1. The second-order valence-corrected chi connectivity index (χ2v) is 8.43. The Morgan fingerprint density at radius 3 is 2.06 bits per heavy atom. The number of rotatable bonds is 7. The van der Waals surface area contributed by atoms with E-state index in [-0.39, 0.29) is 30.1 Å². The Labute approximate surface area is 190 Å². The maximum Gasteiger partial charge on any atom is 0.425 e. The van der Waals surface area contributed by atoms with Gasteiger partial charge in [-0.15, -0.1) is 0 Å². The lowest BCUT2D eigenvalue weighted by Gasteiger charge is -2.33. The van der Waals surface area contributed by atoms with Gasteiger partial charge in [0, 0.05) is 17.7 Å². The summed E-state index contributed by atoms with van der Waals surface area (Å²) in [6, 6.07) is 15.9. The first-order valence-corrected chi connectivity index (χ1v) is 10.5. The molecule has 3 rings (SSSR count). The van der Waals surface area contributed by atoms with Crippen LogP contribution in [0.25, 0.3) is 0 Å². The van der Waals surface area contributed by atoms with Crippen molar-refractivity contribution in [2.75, 3.05) is 0 Å². The van der Waals surface area contributed by atoms with Crippen molar-refractivity contribution in [2.45, 2.75) is 45.5 Å². The number of Topliss-reactive ketones (excluding diaryl/α,β-unsaturated/α-hetero) is 1. The molecule has 1 aliphatic heterocycles. The molecule has 0 spiro atoms. The molecule has 5 nitrogen and oxygen atoms in total. The summed E-state index contributed by atoms with van der Waals surface area (Å²) in [5, 5.41) is 1.93. The van der Waals surface area contributed by atoms with Gasteiger partial charge in [0.05, 0.1) is 12.1 Å². The van der Waals surface area contributed by atoms with E-state index < -0.39 is 34.9 Å². The molecule has 0 aliphatic carbocycles. The standard InChI is InChI=1S/C25H25F3N2O3/c1-16(2)14-20(31)29-24(25(26,27)28)21(22(32)19-12-8-5-9-13-19)17(3)30(23(24)33)15-18-10-6-4-7-11-18/h4-13,16H,14-15H2,1-3H3,(H,29,31)/t24-/m0/s1. The van der Waals surface area contributed by atoms with Gasteiger partial charge in [0.1, 0.15) is 0 Å². The molecule has 1 aliphatic rings. The summed E-state index contributed by atoms with van der Waals surface area (Å²) in [4.78, 5) is 40.3. The van der Waals surface area contributed by atoms with E-state index in [0.29, 0.717) is 5.56 Å². The Morgan fingerprint density at radius 1 is 1.00 bits per heavy atom. The Morgan fingerprint density at radius 2 is 1.55 bits per heavy atom. The fourth-order valence-corrected chi connectivity index (χ4v) is 3.97. The van der Waals surface area contributed by atoms with Gasteiger partial charge >= 0.3 is 6.18 Å². The molecule has 8 heteroatoms. The molecule has 0 fully saturated rings. The minimum Gasteiger partial charge on any atom is -0.330 e. The van der Waals surface area contributed by atoms with Crippen molar-refractivity contribution in [3.63, 3.8) is 0 Å². The molecule has 33 heavy (non-hydrogen) atoms. The molecule has 2 aromatic carbocycles. The van der Waals surface area contributed by atoms with Gasteiger partial charge in [-0.1, -0.05) is 74.5 Å². The first kappa shape index (κ1) is 24.2. The largest absolute Gasteiger partial charge is 0.425 e. The summed E-state index contributed by atoms with van der Waals surface area (Å²) in [5.74, 6) is -3.55. The van der Waals surface area contributed by atoms with Crippen LogP contribution >= 0.6 is 0 Å². The molecule has 1 heterocycles. The molecule has 2 aromatic rings. The van der Waals surface area contributed by atoms with E-state index in [9.17, 15) is 27.6 Å². The third kappa shape index (κ3) is 4.55. The Balaban J connectivity index is 2.20. The number of carbonyl (C=O) groups excluding carboxylic acids is 3. The quantitative estimate of drug-likeness (QED) is 0.615. The highest BCUT2D eigenvalue weighted by molar-refractivity contribution is 6.19. The summed E-state index contributed by atoms with van der Waals surface area (Å²) >= 11 is 0. The second-order valence-electron chi connectivity index (χ2n) is 8.43. The van der Waals surface area contributed by atoms with Gasteiger partial charge in [0.2, 0.25) is 11.4 Å². The first-order chi connectivity index (χ1) is 15.5. The van der Waals surface area contributed by atoms with Crippen molar-refractivity contribution in [3.05, 3.63) is 83.1 Å². The van der Waals surface area contributed by atoms with Gasteiger partial charge in [-0.25, -0.2) is 0 Å². The number of alkyl halides is 3. The van der Waals surface area contributed by atoms with Crippen LogP contribution in [-0.4, -0.2) is 34.2 Å². The van der Waals surface area contributed by atoms with Crippen molar-refractivity contribution >= 4 is 17.6 Å². The van der Waals surface area contributed by atoms with Crippen LogP contribution in [0.1, 0.15) is 43.1 Å². The van der Waals surface area contributed by atoms with Gasteiger partial charge in [0.25, 0.3) is 5.91 Å². The van der Waals surface area contributed by atoms with E-state index in [1.807, 2.05) is 5.32 Å². The lowest BCUT2D eigenvalue weighted by molar-refractivity contribution is -0.193. The minimum absolute atomic E-state index is 0.00653. The predicted octanol–water partition coefficient (Wildman–Crippen LogP) is 4.65. The lowest BCUT2D eigenvalue weighted by Crippen LogP contribution is -2.66. The SMILES string of the molecule is CC1=C(C(=O)c2ccccc2)[C@@](NC(=O)CC(C)C)(C(F)(F)F)C(=O)N1Cc1ccccc1. The molecular formula is C25H25F3N2O3. The third-order valence-corrected chi connectivity index (χ3v) is 5.50. The second kappa shape index (κ2) is 9.21. The molecule has 174 valence electrons. The highest BCUT2D eigenvalue weighted by atomic mass is 19.4. The summed E-state index contributed by atoms with van der Waals surface area (Å²) in [5.41, 5.74) is -3.81. The van der Waals surface area contributed by atoms with E-state index >= 15 is 0 Å². The molecule has 0 aromatic heterocycles. The topological polar surface area (TPSA) is 66.5 Å². The van der Waals surface area contributed by atoms with Crippen LogP contribution in [0.3, 0.4) is 0 Å². The van der Waals surface area contributed by atoms with Gasteiger partial charge < -0.3 is 10.2 Å². The number of nitrogens with one attached hydrogen (secondary N) is 1. The molecule has 1 N–H and O–H groups in total. The molecule has 0 saturated carbocycles. The molecular weight excluding hydrogens is 433 g/mol. The van der Waals surface area contributed by atoms with E-state index in [4.69, 9.17) is 0 Å². The van der Waals surface area contributed by atoms with Crippen LogP contribution in [0.2, 0.25) is 0 Å². The van der Waals surface area contributed by atoms with Crippen LogP contribution in [0, 0.1) is 5.92 Å². The van der Waals surface area contributed by atoms with Crippen molar-refractivity contribution in [1.29, 1.82) is 0 Å². The van der Waals surface area contributed by atoms with Crippen LogP contribution in [0.15, 0.2) is 71.9 Å². The molecule has 0 radical (unpaired) electrons. The molecule has 1 atom stereocenters. The maximum absolute atomic E-state index is 14.7. The molecule has 0 unspecified atom stereocenters. The van der Waals surface area contributed by atoms with Crippen LogP contribution in [-0.2, 0) is 16.1 Å². The van der Waals surface area contributed by atoms with Crippen LogP contribution in [0.5, 0.6) is 0 Å². The summed E-state index contributed by atoms with van der Waals surface area (Å²) < 4.78 is 44.2. The van der Waals surface area contributed by atoms with E-state index in [0.717, 1.165) is 4.90 Å². The van der Waals surface area contributed by atoms with Gasteiger partial charge in [-0.05, 0) is 18.4 Å². The first-order valence-electron chi connectivity index (χ1n) is 10.5. The fourth-order valence-electron chi connectivity index (χ4n) is 3.97. The van der Waals surface area contributed by atoms with Gasteiger partial charge in [-0.2, -0.15) is 13.2 Å². The van der Waals surface area contributed by atoms with E-state index in [1.54, 1.807) is 50.2 Å². The maximum atomic E-state index is 14.7. The van der Waals surface area contributed by atoms with Crippen molar-refractivity contribution < 1.29 is 27.6 Å². The molecule has 2 amide bonds. The van der Waals surface area contributed by atoms with Gasteiger partial charge in [0.15, 0.2) is 5.78 Å². The number of amides is 2. The van der Waals surface area contributed by atoms with E-state index in [1.165, 1.54) is 31.2 Å². The number of hydrogen-bond donors (Lipinski definition) is 1. The zero-order valence-corrected chi connectivity index (χ0v) is 18.6. The Hall–Kier alpha value is -3.42. The normalized spacial score (nSPS) is 18.8. The predicted molar refractivity (Wildman–Crippen MR) is 117 cm³/mol. The number of nitrogens with zero attached hydrogens (tertiary/aromatic N) is 1. The van der Waals surface area contributed by atoms with Crippen molar-refractivity contribution in [2.24, 2.45) is 5.92 Å². The highest BCUT2D eigenvalue weighted by Gasteiger charge is 2.70. The minimum atomic E-state index is -5.25. The van der Waals surface area contributed by atoms with E-state index in [2.05, 4.69) is 0 Å². The zero-order valence-electron chi connectivity index (χ0n) is 18.6. The van der Waals surface area contributed by atoms with Crippen molar-refractivity contribution in [3.8, 4) is 0 Å². The Bertz CT molecular complexity index is 1080. The van der Waals surface area contributed by atoms with Crippen LogP contribution in [0.4, 0.5) is 13.2 Å². The molecule has 0 bridgehead atoms. The number of allylic oxidation sites excluding steroid dienone is 1. The molecule has 0 saturated heterocycles. The summed E-state index contributed by atoms with van der Waals surface area (Å²) in [6.45, 7) is 4.48. The average Bonchev–Trinajstić information content (AvgIpc) is 2.96. The summed E-state index contributed by atoms with van der Waals surface area (Å²) in [7, 11) is 0. The fraction of sp³-hybridized carbons (Fsp3) is 0.320. The zero-order chi connectivity index (χ0) is 24.4. The van der Waals surface area contributed by atoms with Crippen molar-refractivity contribution in [1.82, 2.24) is 10.2 Å². The smallest absolute Gasteiger partial charge is 0.330 e. The monoisotopic (exact) mass is 458 g/mol.